The summed E-state index contributed by atoms with van der Waals surface area (Å²) in [5.41, 5.74) is 4.72. The molecule has 0 radical (unpaired) electrons. The molecule has 1 fully saturated rings. The zero-order valence-electron chi connectivity index (χ0n) is 15.6. The predicted octanol–water partition coefficient (Wildman–Crippen LogP) is 2.39. The smallest absolute Gasteiger partial charge is 0.251 e. The number of hydrogen-bond donors (Lipinski definition) is 3. The number of hydrogen-bond acceptors (Lipinski definition) is 4. The van der Waals surface area contributed by atoms with Crippen LogP contribution in [-0.2, 0) is 29.7 Å². The van der Waals surface area contributed by atoms with Crippen LogP contribution in [0.2, 0.25) is 0 Å². The summed E-state index contributed by atoms with van der Waals surface area (Å²) in [6, 6.07) is 10.9. The summed E-state index contributed by atoms with van der Waals surface area (Å²) < 4.78 is 27.5. The zero-order chi connectivity index (χ0) is 19.0. The average molecular weight is 422 g/mol. The third-order valence-electron chi connectivity index (χ3n) is 5.02. The van der Waals surface area contributed by atoms with E-state index in [-0.39, 0.29) is 29.3 Å². The third kappa shape index (κ3) is 4.55. The highest BCUT2D eigenvalue weighted by Gasteiger charge is 2.28. The minimum absolute atomic E-state index is 0. The van der Waals surface area contributed by atoms with Crippen molar-refractivity contribution in [3.8, 4) is 0 Å². The topological polar surface area (TPSA) is 87.3 Å². The van der Waals surface area contributed by atoms with Gasteiger partial charge in [-0.25, -0.2) is 13.1 Å². The van der Waals surface area contributed by atoms with Crippen LogP contribution in [0, 0.1) is 6.92 Å². The molecule has 1 amide bonds. The Morgan fingerprint density at radius 1 is 1.11 bits per heavy atom. The molecule has 3 N–H and O–H groups in total. The van der Waals surface area contributed by atoms with Gasteiger partial charge in [0, 0.05) is 31.2 Å². The summed E-state index contributed by atoms with van der Waals surface area (Å²) in [4.78, 5) is 12.8. The number of sulfonamides is 1. The first-order valence-corrected chi connectivity index (χ1v) is 10.6. The van der Waals surface area contributed by atoms with Gasteiger partial charge in [-0.05, 0) is 54.2 Å². The Morgan fingerprint density at radius 3 is 2.61 bits per heavy atom. The summed E-state index contributed by atoms with van der Waals surface area (Å²) in [7, 11) is -3.58. The molecule has 2 aromatic rings. The number of halogens is 1. The number of carbonyl (C=O) groups excluding carboxylic acids is 1. The quantitative estimate of drug-likeness (QED) is 0.668. The molecule has 28 heavy (non-hydrogen) atoms. The number of rotatable bonds is 6. The molecule has 0 atom stereocenters. The van der Waals surface area contributed by atoms with Crippen molar-refractivity contribution in [2.45, 2.75) is 50.3 Å². The van der Waals surface area contributed by atoms with Gasteiger partial charge in [0.05, 0.1) is 4.90 Å². The van der Waals surface area contributed by atoms with Crippen LogP contribution >= 0.6 is 12.4 Å². The van der Waals surface area contributed by atoms with Crippen molar-refractivity contribution in [2.75, 3.05) is 0 Å². The van der Waals surface area contributed by atoms with E-state index >= 15 is 0 Å². The monoisotopic (exact) mass is 421 g/mol. The van der Waals surface area contributed by atoms with Gasteiger partial charge in [0.1, 0.15) is 0 Å². The van der Waals surface area contributed by atoms with Gasteiger partial charge in [-0.1, -0.05) is 24.3 Å². The van der Waals surface area contributed by atoms with Crippen LogP contribution in [0.15, 0.2) is 41.3 Å². The van der Waals surface area contributed by atoms with Crippen LogP contribution in [0.5, 0.6) is 0 Å². The van der Waals surface area contributed by atoms with Gasteiger partial charge in [-0.2, -0.15) is 0 Å². The molecule has 150 valence electrons. The van der Waals surface area contributed by atoms with Crippen LogP contribution in [0.25, 0.3) is 0 Å². The maximum atomic E-state index is 12.6. The maximum Gasteiger partial charge on any atom is 0.251 e. The van der Waals surface area contributed by atoms with E-state index in [4.69, 9.17) is 0 Å². The lowest BCUT2D eigenvalue weighted by atomic mass is 10.1. The molecule has 2 aromatic carbocycles. The first kappa shape index (κ1) is 20.8. The first-order valence-electron chi connectivity index (χ1n) is 9.15. The van der Waals surface area contributed by atoms with Gasteiger partial charge >= 0.3 is 0 Å². The van der Waals surface area contributed by atoms with E-state index in [9.17, 15) is 13.2 Å². The molecule has 0 unspecified atom stereocenters. The van der Waals surface area contributed by atoms with E-state index in [2.05, 4.69) is 27.5 Å². The highest BCUT2D eigenvalue weighted by molar-refractivity contribution is 7.89. The van der Waals surface area contributed by atoms with Crippen molar-refractivity contribution in [2.24, 2.45) is 0 Å². The molecule has 0 bridgehead atoms. The van der Waals surface area contributed by atoms with Crippen molar-refractivity contribution in [1.29, 1.82) is 0 Å². The van der Waals surface area contributed by atoms with Gasteiger partial charge in [0.25, 0.3) is 5.91 Å². The highest BCUT2D eigenvalue weighted by Crippen LogP contribution is 2.23. The van der Waals surface area contributed by atoms with E-state index in [1.807, 2.05) is 6.07 Å². The lowest BCUT2D eigenvalue weighted by Crippen LogP contribution is -2.27. The molecule has 1 saturated carbocycles. The summed E-state index contributed by atoms with van der Waals surface area (Å²) in [5, 5.41) is 6.21. The first-order chi connectivity index (χ1) is 12.9. The molecule has 0 saturated heterocycles. The summed E-state index contributed by atoms with van der Waals surface area (Å²) >= 11 is 0. The second-order valence-electron chi connectivity index (χ2n) is 7.26. The fourth-order valence-corrected chi connectivity index (χ4v) is 4.57. The number of nitrogens with one attached hydrogen (secondary N) is 3. The molecule has 4 rings (SSSR count). The second kappa shape index (κ2) is 8.21. The molecule has 1 aliphatic carbocycles. The van der Waals surface area contributed by atoms with Crippen LogP contribution in [0.4, 0.5) is 0 Å². The average Bonchev–Trinajstić information content (AvgIpc) is 3.31. The molecular formula is C20H24ClN3O3S. The fraction of sp³-hybridized carbons (Fsp3) is 0.350. The van der Waals surface area contributed by atoms with Gasteiger partial charge in [0.15, 0.2) is 0 Å². The van der Waals surface area contributed by atoms with E-state index in [1.54, 1.807) is 19.1 Å². The van der Waals surface area contributed by atoms with E-state index < -0.39 is 10.0 Å². The van der Waals surface area contributed by atoms with Crippen LogP contribution < -0.4 is 15.4 Å². The van der Waals surface area contributed by atoms with Crippen molar-refractivity contribution in [3.05, 3.63) is 64.2 Å². The molecule has 0 spiro atoms. The number of aryl methyl sites for hydroxylation is 1. The maximum absolute atomic E-state index is 12.6. The SMILES string of the molecule is Cc1ccc(S(=O)(=O)NC2CC2)cc1C(=O)NCc1ccc2c(c1)CNC2.Cl. The summed E-state index contributed by atoms with van der Waals surface area (Å²) in [5.74, 6) is -0.269. The number of fused-ring (bicyclic) bond motifs is 1. The normalized spacial score (nSPS) is 15.6. The summed E-state index contributed by atoms with van der Waals surface area (Å²) in [6.45, 7) is 3.95. The molecular weight excluding hydrogens is 398 g/mol. The molecule has 1 heterocycles. The van der Waals surface area contributed by atoms with Gasteiger partial charge < -0.3 is 10.6 Å². The van der Waals surface area contributed by atoms with Crippen molar-refractivity contribution in [3.63, 3.8) is 0 Å². The molecule has 0 aromatic heterocycles. The predicted molar refractivity (Wildman–Crippen MR) is 110 cm³/mol. The Labute approximate surface area is 171 Å². The van der Waals surface area contributed by atoms with Crippen molar-refractivity contribution < 1.29 is 13.2 Å². The standard InChI is InChI=1S/C20H23N3O3S.ClH/c1-13-2-7-18(27(25,26)23-17-5-6-17)9-19(13)20(24)22-10-14-3-4-15-11-21-12-16(15)8-14;/h2-4,7-9,17,21,23H,5-6,10-12H2,1H3,(H,22,24);1H. The Bertz CT molecular complexity index is 1000. The number of benzene rings is 2. The molecule has 8 heteroatoms. The van der Waals surface area contributed by atoms with Crippen LogP contribution in [-0.4, -0.2) is 20.4 Å². The Morgan fingerprint density at radius 2 is 1.86 bits per heavy atom. The lowest BCUT2D eigenvalue weighted by molar-refractivity contribution is 0.0950. The zero-order valence-corrected chi connectivity index (χ0v) is 17.3. The Balaban J connectivity index is 0.00000225. The van der Waals surface area contributed by atoms with Crippen LogP contribution in [0.1, 0.15) is 45.5 Å². The van der Waals surface area contributed by atoms with E-state index in [0.29, 0.717) is 12.1 Å². The van der Waals surface area contributed by atoms with Crippen molar-refractivity contribution in [1.82, 2.24) is 15.4 Å². The number of amides is 1. The fourth-order valence-electron chi connectivity index (χ4n) is 3.24. The Kier molecular flexibility index (Phi) is 6.09. The lowest BCUT2D eigenvalue weighted by Gasteiger charge is -2.11. The summed E-state index contributed by atoms with van der Waals surface area (Å²) in [6.07, 6.45) is 1.74. The largest absolute Gasteiger partial charge is 0.348 e. The third-order valence-corrected chi connectivity index (χ3v) is 6.54. The highest BCUT2D eigenvalue weighted by atomic mass is 35.5. The Hall–Kier alpha value is -1.93. The van der Waals surface area contributed by atoms with Gasteiger partial charge in [0.2, 0.25) is 10.0 Å². The minimum Gasteiger partial charge on any atom is -0.348 e. The van der Waals surface area contributed by atoms with Gasteiger partial charge in [-0.3, -0.25) is 4.79 Å². The molecule has 2 aliphatic rings. The number of carbonyl (C=O) groups is 1. The minimum atomic E-state index is -3.58. The van der Waals surface area contributed by atoms with E-state index in [1.165, 1.54) is 17.2 Å². The van der Waals surface area contributed by atoms with Crippen LogP contribution in [0.3, 0.4) is 0 Å². The van der Waals surface area contributed by atoms with Gasteiger partial charge in [-0.15, -0.1) is 12.4 Å². The van der Waals surface area contributed by atoms with E-state index in [0.717, 1.165) is 37.1 Å². The second-order valence-corrected chi connectivity index (χ2v) is 8.98. The molecule has 1 aliphatic heterocycles. The molecule has 6 nitrogen and oxygen atoms in total. The van der Waals surface area contributed by atoms with Crippen molar-refractivity contribution >= 4 is 28.3 Å².